The quantitative estimate of drug-likeness (QED) is 0.886. The predicted molar refractivity (Wildman–Crippen MR) is 78.1 cm³/mol. The van der Waals surface area contributed by atoms with Gasteiger partial charge in [-0.05, 0) is 44.4 Å². The Morgan fingerprint density at radius 3 is 3.20 bits per heavy atom. The van der Waals surface area contributed by atoms with Crippen LogP contribution in [0.5, 0.6) is 0 Å². The Bertz CT molecular complexity index is 476. The average Bonchev–Trinajstić information content (AvgIpc) is 2.93. The van der Waals surface area contributed by atoms with Gasteiger partial charge in [0.25, 0.3) is 0 Å². The van der Waals surface area contributed by atoms with Crippen molar-refractivity contribution in [3.8, 4) is 0 Å². The normalized spacial score (nSPS) is 30.6. The van der Waals surface area contributed by atoms with Crippen LogP contribution in [-0.4, -0.2) is 24.0 Å². The molecule has 1 aliphatic heterocycles. The van der Waals surface area contributed by atoms with Gasteiger partial charge >= 0.3 is 0 Å². The molecule has 2 fully saturated rings. The zero-order valence-corrected chi connectivity index (χ0v) is 12.1. The van der Waals surface area contributed by atoms with Crippen LogP contribution in [0.4, 0.5) is 0 Å². The van der Waals surface area contributed by atoms with Gasteiger partial charge in [-0.2, -0.15) is 0 Å². The van der Waals surface area contributed by atoms with Crippen LogP contribution in [0.2, 0.25) is 0 Å². The molecule has 1 aromatic rings. The maximum Gasteiger partial charge on any atom is 0.228 e. The molecule has 1 saturated carbocycles. The maximum absolute atomic E-state index is 12.8. The molecule has 1 aliphatic carbocycles. The molecule has 1 unspecified atom stereocenters. The van der Waals surface area contributed by atoms with Crippen molar-refractivity contribution in [3.63, 3.8) is 0 Å². The second-order valence-corrected chi connectivity index (χ2v) is 6.18. The molecule has 4 nitrogen and oxygen atoms in total. The number of pyridine rings is 1. The summed E-state index contributed by atoms with van der Waals surface area (Å²) in [5.41, 5.74) is 0.747. The Kier molecular flexibility index (Phi) is 3.74. The Hall–Kier alpha value is -1.42. The first-order valence-electron chi connectivity index (χ1n) is 7.65. The molecule has 0 radical (unpaired) electrons. The number of nitrogens with one attached hydrogen (secondary N) is 2. The minimum absolute atomic E-state index is 0.0266. The molecule has 2 N–H and O–H groups in total. The lowest BCUT2D eigenvalue weighted by Gasteiger charge is -2.37. The molecule has 3 rings (SSSR count). The lowest BCUT2D eigenvalue weighted by Crippen LogP contribution is -2.48. The van der Waals surface area contributed by atoms with Gasteiger partial charge in [-0.1, -0.05) is 18.9 Å². The molecule has 2 heterocycles. The number of amides is 1. The molecule has 4 heteroatoms. The lowest BCUT2D eigenvalue weighted by molar-refractivity contribution is -0.134. The van der Waals surface area contributed by atoms with E-state index in [4.69, 9.17) is 0 Å². The second-order valence-electron chi connectivity index (χ2n) is 6.18. The van der Waals surface area contributed by atoms with E-state index in [-0.39, 0.29) is 17.4 Å². The average molecular weight is 273 g/mol. The van der Waals surface area contributed by atoms with E-state index in [0.29, 0.717) is 5.92 Å². The Morgan fingerprint density at radius 2 is 2.40 bits per heavy atom. The van der Waals surface area contributed by atoms with Crippen molar-refractivity contribution in [2.45, 2.75) is 38.6 Å². The predicted octanol–water partition coefficient (Wildman–Crippen LogP) is 2.04. The molecule has 2 aliphatic rings. The van der Waals surface area contributed by atoms with Crippen LogP contribution in [0.3, 0.4) is 0 Å². The van der Waals surface area contributed by atoms with Crippen molar-refractivity contribution >= 4 is 5.91 Å². The summed E-state index contributed by atoms with van der Waals surface area (Å²) in [6.07, 6.45) is 6.40. The third-order valence-electron chi connectivity index (χ3n) is 4.97. The van der Waals surface area contributed by atoms with Gasteiger partial charge in [-0.3, -0.25) is 9.78 Å². The van der Waals surface area contributed by atoms with Crippen LogP contribution < -0.4 is 10.6 Å². The molecular formula is C16H23N3O. The summed E-state index contributed by atoms with van der Waals surface area (Å²) in [6, 6.07) is 5.80. The van der Waals surface area contributed by atoms with Crippen molar-refractivity contribution in [2.24, 2.45) is 11.3 Å². The highest BCUT2D eigenvalue weighted by atomic mass is 16.2. The van der Waals surface area contributed by atoms with Crippen LogP contribution in [-0.2, 0) is 4.79 Å². The fraction of sp³-hybridized carbons (Fsp3) is 0.625. The van der Waals surface area contributed by atoms with Crippen LogP contribution in [0.15, 0.2) is 24.4 Å². The van der Waals surface area contributed by atoms with E-state index in [1.54, 1.807) is 6.20 Å². The van der Waals surface area contributed by atoms with Crippen LogP contribution >= 0.6 is 0 Å². The number of rotatable bonds is 3. The van der Waals surface area contributed by atoms with E-state index in [2.05, 4.69) is 15.6 Å². The van der Waals surface area contributed by atoms with Gasteiger partial charge in [0, 0.05) is 12.7 Å². The van der Waals surface area contributed by atoms with Crippen molar-refractivity contribution < 1.29 is 4.79 Å². The minimum atomic E-state index is -0.179. The number of carbonyl (C=O) groups excluding carboxylic acids is 1. The smallest absolute Gasteiger partial charge is 0.228 e. The highest BCUT2D eigenvalue weighted by Gasteiger charge is 2.49. The minimum Gasteiger partial charge on any atom is -0.347 e. The molecule has 108 valence electrons. The van der Waals surface area contributed by atoms with E-state index in [0.717, 1.165) is 25.2 Å². The van der Waals surface area contributed by atoms with Gasteiger partial charge in [0.15, 0.2) is 0 Å². The van der Waals surface area contributed by atoms with Crippen molar-refractivity contribution in [2.75, 3.05) is 13.1 Å². The molecule has 1 aromatic heterocycles. The zero-order valence-electron chi connectivity index (χ0n) is 12.1. The first kappa shape index (κ1) is 13.6. The molecule has 20 heavy (non-hydrogen) atoms. The molecule has 0 aromatic carbocycles. The Morgan fingerprint density at radius 1 is 1.50 bits per heavy atom. The summed E-state index contributed by atoms with van der Waals surface area (Å²) in [5, 5.41) is 6.61. The second kappa shape index (κ2) is 5.52. The van der Waals surface area contributed by atoms with Gasteiger partial charge in [0.2, 0.25) is 5.91 Å². The van der Waals surface area contributed by atoms with Gasteiger partial charge in [-0.15, -0.1) is 0 Å². The van der Waals surface area contributed by atoms with Gasteiger partial charge in [-0.25, -0.2) is 0 Å². The zero-order chi connectivity index (χ0) is 14.0. The molecule has 3 atom stereocenters. The fourth-order valence-corrected chi connectivity index (χ4v) is 3.74. The topological polar surface area (TPSA) is 54.0 Å². The summed E-state index contributed by atoms with van der Waals surface area (Å²) in [4.78, 5) is 17.1. The summed E-state index contributed by atoms with van der Waals surface area (Å²) in [7, 11) is 0. The Balaban J connectivity index is 1.72. The molecule has 0 spiro atoms. The van der Waals surface area contributed by atoms with Gasteiger partial charge < -0.3 is 10.6 Å². The third kappa shape index (κ3) is 2.33. The SMILES string of the molecule is CC(NC(=O)[C@@]12CCCC[C@H]1CNC2)c1ccccn1. The standard InChI is InChI=1S/C16H23N3O/c1-12(14-7-3-5-9-18-14)19-15(20)16-8-4-2-6-13(16)10-17-11-16/h3,5,7,9,12-13,17H,2,4,6,8,10-11H2,1H3,(H,19,20)/t12?,13-,16+/m0/s1. The van der Waals surface area contributed by atoms with E-state index in [9.17, 15) is 4.79 Å². The Labute approximate surface area is 120 Å². The van der Waals surface area contributed by atoms with Gasteiger partial charge in [0.1, 0.15) is 0 Å². The molecular weight excluding hydrogens is 250 g/mol. The molecule has 0 bridgehead atoms. The highest BCUT2D eigenvalue weighted by molar-refractivity contribution is 5.84. The highest BCUT2D eigenvalue weighted by Crippen LogP contribution is 2.44. The van der Waals surface area contributed by atoms with E-state index in [1.807, 2.05) is 25.1 Å². The van der Waals surface area contributed by atoms with Gasteiger partial charge in [0.05, 0.1) is 17.2 Å². The van der Waals surface area contributed by atoms with Crippen LogP contribution in [0, 0.1) is 11.3 Å². The number of hydrogen-bond acceptors (Lipinski definition) is 3. The number of fused-ring (bicyclic) bond motifs is 1. The monoisotopic (exact) mass is 273 g/mol. The maximum atomic E-state index is 12.8. The van der Waals surface area contributed by atoms with E-state index in [1.165, 1.54) is 19.3 Å². The summed E-state index contributed by atoms with van der Waals surface area (Å²) in [5.74, 6) is 0.720. The molecule has 1 amide bonds. The number of nitrogens with zero attached hydrogens (tertiary/aromatic N) is 1. The van der Waals surface area contributed by atoms with Crippen molar-refractivity contribution in [1.82, 2.24) is 15.6 Å². The van der Waals surface area contributed by atoms with Crippen molar-refractivity contribution in [3.05, 3.63) is 30.1 Å². The summed E-state index contributed by atoms with van der Waals surface area (Å²) in [6.45, 7) is 3.83. The first-order valence-corrected chi connectivity index (χ1v) is 7.65. The number of aromatic nitrogens is 1. The fourth-order valence-electron chi connectivity index (χ4n) is 3.74. The molecule has 1 saturated heterocycles. The lowest BCUT2D eigenvalue weighted by atomic mass is 9.67. The largest absolute Gasteiger partial charge is 0.347 e. The number of carbonyl (C=O) groups is 1. The van der Waals surface area contributed by atoms with E-state index < -0.39 is 0 Å². The van der Waals surface area contributed by atoms with E-state index >= 15 is 0 Å². The van der Waals surface area contributed by atoms with Crippen LogP contribution in [0.25, 0.3) is 0 Å². The van der Waals surface area contributed by atoms with Crippen LogP contribution in [0.1, 0.15) is 44.3 Å². The summed E-state index contributed by atoms with van der Waals surface area (Å²) >= 11 is 0. The third-order valence-corrected chi connectivity index (χ3v) is 4.97. The van der Waals surface area contributed by atoms with Crippen molar-refractivity contribution in [1.29, 1.82) is 0 Å². The summed E-state index contributed by atoms with van der Waals surface area (Å²) < 4.78 is 0. The first-order chi connectivity index (χ1) is 9.72. The number of hydrogen-bond donors (Lipinski definition) is 2.